The fourth-order valence-electron chi connectivity index (χ4n) is 2.56. The van der Waals surface area contributed by atoms with Crippen molar-refractivity contribution in [3.05, 3.63) is 24.3 Å². The second-order valence-corrected chi connectivity index (χ2v) is 5.45. The Bertz CT molecular complexity index is 931. The van der Waals surface area contributed by atoms with Gasteiger partial charge < -0.3 is 21.1 Å². The molecule has 1 aliphatic heterocycles. The highest BCUT2D eigenvalue weighted by Gasteiger charge is 2.21. The Morgan fingerprint density at radius 3 is 2.56 bits per heavy atom. The zero-order valence-corrected chi connectivity index (χ0v) is 13.2. The molecule has 0 saturated carbocycles. The molecular weight excluding hydrogens is 326 g/mol. The molecule has 25 heavy (non-hydrogen) atoms. The molecule has 0 spiro atoms. The predicted molar refractivity (Wildman–Crippen MR) is 87.8 cm³/mol. The van der Waals surface area contributed by atoms with Gasteiger partial charge in [0.1, 0.15) is 5.69 Å². The first-order valence-corrected chi connectivity index (χ1v) is 7.59. The number of hydrogen-bond donors (Lipinski definition) is 2. The maximum absolute atomic E-state index is 11.5. The van der Waals surface area contributed by atoms with Gasteiger partial charge in [0, 0.05) is 25.5 Å². The zero-order chi connectivity index (χ0) is 17.4. The lowest BCUT2D eigenvalue weighted by molar-refractivity contribution is 0.0996. The number of primary amides is 1. The average molecular weight is 341 g/mol. The van der Waals surface area contributed by atoms with E-state index in [1.54, 1.807) is 12.4 Å². The molecule has 3 aromatic heterocycles. The van der Waals surface area contributed by atoms with Gasteiger partial charge in [-0.1, -0.05) is 0 Å². The molecule has 4 N–H and O–H groups in total. The molecule has 4 rings (SSSR count). The van der Waals surface area contributed by atoms with Gasteiger partial charge in [0.2, 0.25) is 5.95 Å². The van der Waals surface area contributed by atoms with Crippen molar-refractivity contribution in [2.45, 2.75) is 0 Å². The minimum Gasteiger partial charge on any atom is -0.378 e. The fraction of sp³-hybridized carbons (Fsp3) is 0.286. The molecule has 128 valence electrons. The average Bonchev–Trinajstić information content (AvgIpc) is 3.07. The van der Waals surface area contributed by atoms with Gasteiger partial charge >= 0.3 is 0 Å². The second kappa shape index (κ2) is 5.94. The molecule has 1 amide bonds. The lowest BCUT2D eigenvalue weighted by Crippen LogP contribution is -2.37. The summed E-state index contributed by atoms with van der Waals surface area (Å²) in [7, 11) is 0. The summed E-state index contributed by atoms with van der Waals surface area (Å²) in [6, 6.07) is 0. The van der Waals surface area contributed by atoms with Gasteiger partial charge in [-0.2, -0.15) is 0 Å². The molecule has 0 aromatic carbocycles. The van der Waals surface area contributed by atoms with E-state index in [1.807, 2.05) is 4.90 Å². The van der Waals surface area contributed by atoms with Crippen LogP contribution >= 0.6 is 0 Å². The third-order valence-corrected chi connectivity index (χ3v) is 3.80. The number of nitrogens with zero attached hydrogens (tertiary/aromatic N) is 7. The third kappa shape index (κ3) is 2.80. The summed E-state index contributed by atoms with van der Waals surface area (Å²) in [6.45, 7) is 2.48. The molecule has 0 aliphatic carbocycles. The Morgan fingerprint density at radius 1 is 1.16 bits per heavy atom. The number of imidazole rings is 1. The topological polar surface area (TPSA) is 150 Å². The lowest BCUT2D eigenvalue weighted by Gasteiger charge is -2.27. The molecule has 1 aliphatic rings. The summed E-state index contributed by atoms with van der Waals surface area (Å²) < 4.78 is 6.87. The van der Waals surface area contributed by atoms with Crippen LogP contribution in [-0.2, 0) is 4.74 Å². The van der Waals surface area contributed by atoms with Crippen molar-refractivity contribution in [2.24, 2.45) is 5.73 Å². The highest BCUT2D eigenvalue weighted by atomic mass is 16.5. The van der Waals surface area contributed by atoms with Crippen molar-refractivity contribution < 1.29 is 9.53 Å². The van der Waals surface area contributed by atoms with Crippen LogP contribution in [0.25, 0.3) is 17.0 Å². The maximum atomic E-state index is 11.5. The summed E-state index contributed by atoms with van der Waals surface area (Å²) in [4.78, 5) is 30.3. The van der Waals surface area contributed by atoms with Crippen molar-refractivity contribution in [1.29, 1.82) is 0 Å². The first-order chi connectivity index (χ1) is 12.1. The number of anilines is 2. The molecule has 0 bridgehead atoms. The molecule has 0 radical (unpaired) electrons. The van der Waals surface area contributed by atoms with Gasteiger partial charge in [-0.25, -0.2) is 24.5 Å². The summed E-state index contributed by atoms with van der Waals surface area (Å²) in [5.41, 5.74) is 12.0. The number of carbonyl (C=O) groups excluding carboxylic acids is 1. The quantitative estimate of drug-likeness (QED) is 0.617. The fourth-order valence-corrected chi connectivity index (χ4v) is 2.56. The molecule has 11 heteroatoms. The number of fused-ring (bicyclic) bond motifs is 1. The first kappa shape index (κ1) is 15.2. The SMILES string of the molecule is NC(=O)c1cn2nc(-c3cnc(N)nc3)nc(N3CCOCC3)c2n1. The van der Waals surface area contributed by atoms with E-state index in [4.69, 9.17) is 16.2 Å². The molecule has 11 nitrogen and oxygen atoms in total. The minimum absolute atomic E-state index is 0.120. The summed E-state index contributed by atoms with van der Waals surface area (Å²) in [5, 5.41) is 4.39. The number of hydrogen-bond acceptors (Lipinski definition) is 9. The summed E-state index contributed by atoms with van der Waals surface area (Å²) in [6.07, 6.45) is 4.56. The molecule has 0 atom stereocenters. The monoisotopic (exact) mass is 341 g/mol. The van der Waals surface area contributed by atoms with Crippen LogP contribution in [-0.4, -0.2) is 61.8 Å². The van der Waals surface area contributed by atoms with Crippen LogP contribution in [0.3, 0.4) is 0 Å². The number of aromatic nitrogens is 6. The van der Waals surface area contributed by atoms with Crippen molar-refractivity contribution in [2.75, 3.05) is 36.9 Å². The van der Waals surface area contributed by atoms with Crippen molar-refractivity contribution in [1.82, 2.24) is 29.5 Å². The predicted octanol–water partition coefficient (Wildman–Crippen LogP) is -0.901. The van der Waals surface area contributed by atoms with Crippen LogP contribution < -0.4 is 16.4 Å². The molecule has 4 heterocycles. The van der Waals surface area contributed by atoms with Crippen LogP contribution in [0.2, 0.25) is 0 Å². The lowest BCUT2D eigenvalue weighted by atomic mass is 10.3. The highest BCUT2D eigenvalue weighted by molar-refractivity contribution is 5.92. The number of carbonyl (C=O) groups is 1. The number of ether oxygens (including phenoxy) is 1. The van der Waals surface area contributed by atoms with Crippen molar-refractivity contribution >= 4 is 23.3 Å². The van der Waals surface area contributed by atoms with E-state index in [0.29, 0.717) is 49.2 Å². The van der Waals surface area contributed by atoms with E-state index in [-0.39, 0.29) is 11.6 Å². The van der Waals surface area contributed by atoms with Crippen LogP contribution in [0.5, 0.6) is 0 Å². The minimum atomic E-state index is -0.629. The maximum Gasteiger partial charge on any atom is 0.269 e. The normalized spacial score (nSPS) is 14.8. The van der Waals surface area contributed by atoms with E-state index >= 15 is 0 Å². The Balaban J connectivity index is 1.89. The van der Waals surface area contributed by atoms with E-state index in [1.165, 1.54) is 10.7 Å². The number of rotatable bonds is 3. The smallest absolute Gasteiger partial charge is 0.269 e. The van der Waals surface area contributed by atoms with E-state index < -0.39 is 5.91 Å². The molecule has 3 aromatic rings. The van der Waals surface area contributed by atoms with Crippen LogP contribution in [0.15, 0.2) is 18.6 Å². The number of amides is 1. The number of nitrogens with two attached hydrogens (primary N) is 2. The standard InChI is InChI=1S/C14H15N9O2/c15-10(24)9-7-23-13(19-9)12(22-1-3-25-4-2-22)20-11(21-23)8-5-17-14(16)18-6-8/h5-7H,1-4H2,(H2,15,24)(H2,16,17,18). The molecular formula is C14H15N9O2. The van der Waals surface area contributed by atoms with Gasteiger partial charge in [0.05, 0.1) is 25.0 Å². The van der Waals surface area contributed by atoms with Gasteiger partial charge in [0.25, 0.3) is 5.91 Å². The Hall–Kier alpha value is -3.34. The Labute approximate surface area is 141 Å². The molecule has 0 unspecified atom stereocenters. The van der Waals surface area contributed by atoms with E-state index in [0.717, 1.165) is 0 Å². The van der Waals surface area contributed by atoms with E-state index in [9.17, 15) is 4.79 Å². The second-order valence-electron chi connectivity index (χ2n) is 5.45. The molecule has 1 fully saturated rings. The number of nitrogen functional groups attached to an aromatic ring is 1. The largest absolute Gasteiger partial charge is 0.378 e. The van der Waals surface area contributed by atoms with Gasteiger partial charge in [0.15, 0.2) is 17.3 Å². The van der Waals surface area contributed by atoms with Crippen molar-refractivity contribution in [3.8, 4) is 11.4 Å². The van der Waals surface area contributed by atoms with Crippen LogP contribution in [0.4, 0.5) is 11.8 Å². The third-order valence-electron chi connectivity index (χ3n) is 3.80. The first-order valence-electron chi connectivity index (χ1n) is 7.59. The summed E-state index contributed by atoms with van der Waals surface area (Å²) >= 11 is 0. The Morgan fingerprint density at radius 2 is 1.88 bits per heavy atom. The van der Waals surface area contributed by atoms with Gasteiger partial charge in [-0.3, -0.25) is 4.79 Å². The summed E-state index contributed by atoms with van der Waals surface area (Å²) in [5.74, 6) is 0.521. The number of morpholine rings is 1. The van der Waals surface area contributed by atoms with Crippen LogP contribution in [0, 0.1) is 0 Å². The molecule has 1 saturated heterocycles. The van der Waals surface area contributed by atoms with Crippen LogP contribution in [0.1, 0.15) is 10.5 Å². The van der Waals surface area contributed by atoms with Gasteiger partial charge in [-0.15, -0.1) is 5.10 Å². The van der Waals surface area contributed by atoms with Crippen molar-refractivity contribution in [3.63, 3.8) is 0 Å². The Kier molecular flexibility index (Phi) is 3.61. The highest BCUT2D eigenvalue weighted by Crippen LogP contribution is 2.23. The zero-order valence-electron chi connectivity index (χ0n) is 13.2. The van der Waals surface area contributed by atoms with E-state index in [2.05, 4.69) is 25.0 Å². The van der Waals surface area contributed by atoms with Gasteiger partial charge in [-0.05, 0) is 0 Å².